The molecule has 0 heterocycles. The van der Waals surface area contributed by atoms with Crippen molar-refractivity contribution in [2.75, 3.05) is 5.73 Å². The van der Waals surface area contributed by atoms with Crippen LogP contribution in [-0.4, -0.2) is 31.0 Å². The Labute approximate surface area is 188 Å². The highest BCUT2D eigenvalue weighted by Crippen LogP contribution is 2.42. The topological polar surface area (TPSA) is 180 Å². The van der Waals surface area contributed by atoms with Gasteiger partial charge in [-0.2, -0.15) is 16.8 Å². The number of azo groups is 1. The maximum Gasteiger partial charge on any atom is 0.296 e. The van der Waals surface area contributed by atoms with E-state index in [-0.39, 0.29) is 21.4 Å². The van der Waals surface area contributed by atoms with Crippen LogP contribution < -0.4 is 5.73 Å². The highest BCUT2D eigenvalue weighted by atomic mass is 32.2. The molecule has 12 heteroatoms. The summed E-state index contributed by atoms with van der Waals surface area (Å²) < 4.78 is 66.1. The molecular weight excluding hydrogens is 470 g/mol. The average Bonchev–Trinajstić information content (AvgIpc) is 2.72. The van der Waals surface area contributed by atoms with Gasteiger partial charge in [0.05, 0.1) is 10.6 Å². The maximum atomic E-state index is 12.0. The molecule has 0 aliphatic heterocycles. The number of phenolic OH excluding ortho intramolecular Hbond substituents is 1. The second-order valence-electron chi connectivity index (χ2n) is 7.31. The molecule has 0 atom stereocenters. The van der Waals surface area contributed by atoms with Crippen molar-refractivity contribution in [2.24, 2.45) is 10.2 Å². The first-order valence-corrected chi connectivity index (χ1v) is 12.2. The van der Waals surface area contributed by atoms with Crippen molar-refractivity contribution in [3.8, 4) is 5.75 Å². The molecular formula is C21H17N3O7S2. The third kappa shape index (κ3) is 4.24. The Balaban J connectivity index is 1.98. The zero-order chi connectivity index (χ0) is 24.1. The van der Waals surface area contributed by atoms with E-state index < -0.39 is 36.6 Å². The van der Waals surface area contributed by atoms with Gasteiger partial charge in [0.1, 0.15) is 10.6 Å². The smallest absolute Gasteiger partial charge is 0.296 e. The molecule has 0 amide bonds. The first-order chi connectivity index (χ1) is 15.4. The Morgan fingerprint density at radius 2 is 1.48 bits per heavy atom. The minimum atomic E-state index is -4.81. The lowest BCUT2D eigenvalue weighted by Gasteiger charge is -2.10. The zero-order valence-corrected chi connectivity index (χ0v) is 18.6. The molecule has 4 rings (SSSR count). The third-order valence-electron chi connectivity index (χ3n) is 5.09. The second kappa shape index (κ2) is 7.78. The normalized spacial score (nSPS) is 12.7. The molecule has 0 saturated carbocycles. The Kier molecular flexibility index (Phi) is 5.33. The van der Waals surface area contributed by atoms with Gasteiger partial charge in [-0.25, -0.2) is 0 Å². The van der Waals surface area contributed by atoms with Crippen molar-refractivity contribution in [2.45, 2.75) is 16.7 Å². The van der Waals surface area contributed by atoms with Crippen molar-refractivity contribution < 1.29 is 31.0 Å². The number of anilines is 1. The molecule has 4 aromatic rings. The Hall–Kier alpha value is -3.58. The largest absolute Gasteiger partial charge is 0.505 e. The van der Waals surface area contributed by atoms with E-state index in [0.29, 0.717) is 16.5 Å². The van der Waals surface area contributed by atoms with E-state index in [1.807, 2.05) is 0 Å². The minimum absolute atomic E-state index is 0.138. The summed E-state index contributed by atoms with van der Waals surface area (Å²) in [7, 11) is -9.29. The van der Waals surface area contributed by atoms with Gasteiger partial charge < -0.3 is 10.8 Å². The highest BCUT2D eigenvalue weighted by Gasteiger charge is 2.22. The van der Waals surface area contributed by atoms with Crippen LogP contribution >= 0.6 is 0 Å². The van der Waals surface area contributed by atoms with Crippen LogP contribution in [0.5, 0.6) is 5.75 Å². The summed E-state index contributed by atoms with van der Waals surface area (Å²) in [5.41, 5.74) is 6.46. The summed E-state index contributed by atoms with van der Waals surface area (Å²) in [4.78, 5) is -1.04. The third-order valence-corrected chi connectivity index (χ3v) is 6.81. The monoisotopic (exact) mass is 487 g/mol. The van der Waals surface area contributed by atoms with Crippen molar-refractivity contribution in [3.63, 3.8) is 0 Å². The van der Waals surface area contributed by atoms with Crippen molar-refractivity contribution in [1.29, 1.82) is 0 Å². The van der Waals surface area contributed by atoms with Crippen LogP contribution in [0.25, 0.3) is 21.5 Å². The number of fused-ring (bicyclic) bond motifs is 2. The van der Waals surface area contributed by atoms with Crippen LogP contribution in [0.1, 0.15) is 5.56 Å². The lowest BCUT2D eigenvalue weighted by atomic mass is 10.0. The molecule has 4 aromatic carbocycles. The molecule has 0 aliphatic carbocycles. The SMILES string of the molecule is Cc1ccc(N=Nc2c(S(=O)(=O)O)cc3cc(N)ccc3c2O)c2cc(S(=O)(=O)O)ccc12. The van der Waals surface area contributed by atoms with Crippen LogP contribution in [0.15, 0.2) is 74.6 Å². The lowest BCUT2D eigenvalue weighted by Crippen LogP contribution is -1.99. The molecule has 0 aliphatic rings. The summed E-state index contributed by atoms with van der Waals surface area (Å²) >= 11 is 0. The fourth-order valence-electron chi connectivity index (χ4n) is 3.48. The van der Waals surface area contributed by atoms with Crippen molar-refractivity contribution >= 4 is 58.8 Å². The number of aryl methyl sites for hydroxylation is 1. The highest BCUT2D eigenvalue weighted by molar-refractivity contribution is 7.86. The molecule has 5 N–H and O–H groups in total. The van der Waals surface area contributed by atoms with E-state index in [9.17, 15) is 31.0 Å². The van der Waals surface area contributed by atoms with Gasteiger partial charge in [-0.15, -0.1) is 10.2 Å². The standard InChI is InChI=1S/C21H17N3O7S2/c1-11-2-7-18(17-10-14(32(26,27)28)4-6-15(11)17)23-24-20-19(33(29,30)31)9-12-8-13(22)3-5-16(12)21(20)25/h2-10,25H,22H2,1H3,(H,26,27,28)(H,29,30,31). The first-order valence-electron chi connectivity index (χ1n) is 9.31. The van der Waals surface area contributed by atoms with Gasteiger partial charge in [0.2, 0.25) is 0 Å². The van der Waals surface area contributed by atoms with Crippen molar-refractivity contribution in [3.05, 3.63) is 60.2 Å². The quantitative estimate of drug-likeness (QED) is 0.184. The molecule has 170 valence electrons. The molecule has 0 spiro atoms. The number of hydrogen-bond acceptors (Lipinski definition) is 8. The van der Waals surface area contributed by atoms with Gasteiger partial charge in [-0.05, 0) is 65.7 Å². The molecule has 0 bridgehead atoms. The summed E-state index contributed by atoms with van der Waals surface area (Å²) in [6.45, 7) is 1.79. The van der Waals surface area contributed by atoms with Crippen LogP contribution in [0.4, 0.5) is 17.1 Å². The molecule has 0 aromatic heterocycles. The van der Waals surface area contributed by atoms with E-state index in [2.05, 4.69) is 10.2 Å². The fraction of sp³-hybridized carbons (Fsp3) is 0.0476. The number of nitrogen functional groups attached to an aromatic ring is 1. The van der Waals surface area contributed by atoms with Gasteiger partial charge >= 0.3 is 0 Å². The van der Waals surface area contributed by atoms with Crippen LogP contribution in [0.2, 0.25) is 0 Å². The van der Waals surface area contributed by atoms with E-state index in [1.54, 1.807) is 13.0 Å². The number of benzene rings is 4. The summed E-state index contributed by atoms with van der Waals surface area (Å²) in [5.74, 6) is -0.543. The lowest BCUT2D eigenvalue weighted by molar-refractivity contribution is 0.472. The van der Waals surface area contributed by atoms with Crippen LogP contribution in [-0.2, 0) is 20.2 Å². The predicted molar refractivity (Wildman–Crippen MR) is 123 cm³/mol. The summed E-state index contributed by atoms with van der Waals surface area (Å²) in [6.07, 6.45) is 0. The van der Waals surface area contributed by atoms with Crippen molar-refractivity contribution in [1.82, 2.24) is 0 Å². The summed E-state index contributed by atoms with van der Waals surface area (Å²) in [5, 5.41) is 20.0. The van der Waals surface area contributed by atoms with Gasteiger partial charge in [0.15, 0.2) is 5.75 Å². The predicted octanol–water partition coefficient (Wildman–Crippen LogP) is 4.50. The zero-order valence-electron chi connectivity index (χ0n) is 17.0. The van der Waals surface area contributed by atoms with E-state index in [1.165, 1.54) is 42.5 Å². The average molecular weight is 488 g/mol. The van der Waals surface area contributed by atoms with Gasteiger partial charge in [0, 0.05) is 16.5 Å². The molecule has 0 unspecified atom stereocenters. The number of nitrogens with zero attached hydrogens (tertiary/aromatic N) is 2. The number of nitrogens with two attached hydrogens (primary N) is 1. The van der Waals surface area contributed by atoms with Gasteiger partial charge in [-0.1, -0.05) is 12.1 Å². The Bertz CT molecular complexity index is 1700. The maximum absolute atomic E-state index is 12.0. The van der Waals surface area contributed by atoms with Gasteiger partial charge in [0.25, 0.3) is 20.2 Å². The fourth-order valence-corrected chi connectivity index (χ4v) is 4.64. The number of rotatable bonds is 4. The van der Waals surface area contributed by atoms with E-state index in [0.717, 1.165) is 11.6 Å². The molecule has 0 saturated heterocycles. The number of aromatic hydroxyl groups is 1. The Morgan fingerprint density at radius 1 is 0.788 bits per heavy atom. The summed E-state index contributed by atoms with van der Waals surface area (Å²) in [6, 6.07) is 12.6. The molecule has 0 fully saturated rings. The Morgan fingerprint density at radius 3 is 2.15 bits per heavy atom. The number of phenols is 1. The first kappa shape index (κ1) is 22.6. The van der Waals surface area contributed by atoms with Crippen LogP contribution in [0, 0.1) is 6.92 Å². The molecule has 0 radical (unpaired) electrons. The van der Waals surface area contributed by atoms with Gasteiger partial charge in [-0.3, -0.25) is 9.11 Å². The number of hydrogen-bond donors (Lipinski definition) is 4. The molecule has 33 heavy (non-hydrogen) atoms. The minimum Gasteiger partial charge on any atom is -0.505 e. The van der Waals surface area contributed by atoms with Crippen LogP contribution in [0.3, 0.4) is 0 Å². The van der Waals surface area contributed by atoms with E-state index in [4.69, 9.17) is 5.73 Å². The van der Waals surface area contributed by atoms with E-state index >= 15 is 0 Å². The molecule has 10 nitrogen and oxygen atoms in total. The second-order valence-corrected chi connectivity index (χ2v) is 10.1.